The second kappa shape index (κ2) is 6.37. The van der Waals surface area contributed by atoms with Crippen LogP contribution in [0.25, 0.3) is 0 Å². The van der Waals surface area contributed by atoms with Gasteiger partial charge in [-0.1, -0.05) is 30.5 Å². The van der Waals surface area contributed by atoms with E-state index in [-0.39, 0.29) is 0 Å². The van der Waals surface area contributed by atoms with Crippen molar-refractivity contribution in [2.45, 2.75) is 51.2 Å². The highest BCUT2D eigenvalue weighted by Crippen LogP contribution is 2.32. The molecule has 0 radical (unpaired) electrons. The maximum Gasteiger partial charge on any atom is 0.123 e. The van der Waals surface area contributed by atoms with Gasteiger partial charge in [0.25, 0.3) is 0 Å². The summed E-state index contributed by atoms with van der Waals surface area (Å²) in [5.41, 5.74) is 8.66. The Balaban J connectivity index is 1.60. The molecule has 1 fully saturated rings. The fraction of sp³-hybridized carbons (Fsp3) is 0.667. The summed E-state index contributed by atoms with van der Waals surface area (Å²) >= 11 is 0. The molecular weight excluding hydrogens is 260 g/mol. The monoisotopic (exact) mass is 288 g/mol. The largest absolute Gasteiger partial charge is 0.488 e. The Morgan fingerprint density at radius 2 is 2.10 bits per heavy atom. The molecule has 3 nitrogen and oxygen atoms in total. The van der Waals surface area contributed by atoms with E-state index in [0.29, 0.717) is 18.1 Å². The number of fused-ring (bicyclic) bond motifs is 1. The van der Waals surface area contributed by atoms with Gasteiger partial charge in [0.1, 0.15) is 11.9 Å². The van der Waals surface area contributed by atoms with E-state index in [1.165, 1.54) is 36.8 Å². The Morgan fingerprint density at radius 1 is 1.29 bits per heavy atom. The zero-order valence-electron chi connectivity index (χ0n) is 13.3. The fourth-order valence-electron chi connectivity index (χ4n) is 4.05. The summed E-state index contributed by atoms with van der Waals surface area (Å²) < 4.78 is 6.12. The molecule has 3 unspecified atom stereocenters. The molecule has 2 aliphatic rings. The Labute approximate surface area is 128 Å². The van der Waals surface area contributed by atoms with Gasteiger partial charge in [0.05, 0.1) is 0 Å². The van der Waals surface area contributed by atoms with E-state index in [0.717, 1.165) is 25.3 Å². The van der Waals surface area contributed by atoms with Gasteiger partial charge in [-0.3, -0.25) is 4.90 Å². The van der Waals surface area contributed by atoms with Crippen molar-refractivity contribution >= 4 is 0 Å². The smallest absolute Gasteiger partial charge is 0.123 e. The van der Waals surface area contributed by atoms with Crippen LogP contribution in [0.3, 0.4) is 0 Å². The number of rotatable bonds is 4. The van der Waals surface area contributed by atoms with Crippen LogP contribution in [0.15, 0.2) is 18.2 Å². The van der Waals surface area contributed by atoms with Gasteiger partial charge in [0, 0.05) is 19.0 Å². The number of aryl methyl sites for hydroxylation is 1. The Morgan fingerprint density at radius 3 is 2.90 bits per heavy atom. The van der Waals surface area contributed by atoms with Crippen LogP contribution in [0, 0.1) is 12.8 Å². The van der Waals surface area contributed by atoms with Gasteiger partial charge in [-0.2, -0.15) is 0 Å². The third kappa shape index (κ3) is 3.24. The number of hydrogen-bond acceptors (Lipinski definition) is 3. The molecule has 0 bridgehead atoms. The van der Waals surface area contributed by atoms with E-state index >= 15 is 0 Å². The average molecular weight is 288 g/mol. The van der Waals surface area contributed by atoms with Crippen molar-refractivity contribution in [3.05, 3.63) is 29.3 Å². The van der Waals surface area contributed by atoms with Crippen LogP contribution in [0.2, 0.25) is 0 Å². The number of ether oxygens (including phenoxy) is 1. The van der Waals surface area contributed by atoms with Gasteiger partial charge in [0.15, 0.2) is 0 Å². The number of likely N-dealkylation sites (N-methyl/N-ethyl adjacent to an activating group) is 1. The minimum Gasteiger partial charge on any atom is -0.488 e. The van der Waals surface area contributed by atoms with Crippen molar-refractivity contribution in [3.63, 3.8) is 0 Å². The maximum atomic E-state index is 6.12. The van der Waals surface area contributed by atoms with Crippen molar-refractivity contribution in [1.82, 2.24) is 4.90 Å². The van der Waals surface area contributed by atoms with Crippen LogP contribution in [-0.2, 0) is 6.42 Å². The lowest BCUT2D eigenvalue weighted by Crippen LogP contribution is -2.46. The lowest BCUT2D eigenvalue weighted by molar-refractivity contribution is 0.0889. The SMILES string of the molecule is Cc1ccc2c(c1)CC(CN(C)C1CCCCC1CN)O2. The summed E-state index contributed by atoms with van der Waals surface area (Å²) in [6.45, 7) is 3.97. The van der Waals surface area contributed by atoms with E-state index < -0.39 is 0 Å². The van der Waals surface area contributed by atoms with Crippen LogP contribution in [-0.4, -0.2) is 37.2 Å². The molecule has 1 heterocycles. The highest BCUT2D eigenvalue weighted by atomic mass is 16.5. The van der Waals surface area contributed by atoms with E-state index in [9.17, 15) is 0 Å². The molecule has 2 N–H and O–H groups in total. The summed E-state index contributed by atoms with van der Waals surface area (Å²) in [6, 6.07) is 7.15. The summed E-state index contributed by atoms with van der Waals surface area (Å²) in [4.78, 5) is 2.50. The van der Waals surface area contributed by atoms with Crippen molar-refractivity contribution in [3.8, 4) is 5.75 Å². The van der Waals surface area contributed by atoms with Gasteiger partial charge in [0.2, 0.25) is 0 Å². The molecule has 1 aliphatic carbocycles. The van der Waals surface area contributed by atoms with Crippen molar-refractivity contribution in [2.75, 3.05) is 20.1 Å². The van der Waals surface area contributed by atoms with E-state index in [4.69, 9.17) is 10.5 Å². The van der Waals surface area contributed by atoms with Gasteiger partial charge < -0.3 is 10.5 Å². The van der Waals surface area contributed by atoms with Crippen LogP contribution >= 0.6 is 0 Å². The molecule has 1 aromatic carbocycles. The first-order valence-electron chi connectivity index (χ1n) is 8.34. The Hall–Kier alpha value is -1.06. The van der Waals surface area contributed by atoms with Crippen LogP contribution < -0.4 is 10.5 Å². The van der Waals surface area contributed by atoms with E-state index in [1.54, 1.807) is 0 Å². The molecule has 116 valence electrons. The molecule has 1 aromatic rings. The quantitative estimate of drug-likeness (QED) is 0.926. The lowest BCUT2D eigenvalue weighted by atomic mass is 9.83. The fourth-order valence-corrected chi connectivity index (χ4v) is 4.05. The first-order valence-corrected chi connectivity index (χ1v) is 8.34. The molecule has 3 atom stereocenters. The summed E-state index contributed by atoms with van der Waals surface area (Å²) in [5.74, 6) is 1.74. The lowest BCUT2D eigenvalue weighted by Gasteiger charge is -2.38. The standard InChI is InChI=1S/C18H28N2O/c1-13-7-8-18-15(9-13)10-16(21-18)12-20(2)17-6-4-3-5-14(17)11-19/h7-9,14,16-17H,3-6,10-12,19H2,1-2H3. The first-order chi connectivity index (χ1) is 10.2. The van der Waals surface area contributed by atoms with Gasteiger partial charge >= 0.3 is 0 Å². The van der Waals surface area contributed by atoms with Gasteiger partial charge in [-0.05, 0) is 50.9 Å². The highest BCUT2D eigenvalue weighted by Gasteiger charge is 2.31. The third-order valence-corrected chi connectivity index (χ3v) is 5.19. The van der Waals surface area contributed by atoms with Gasteiger partial charge in [-0.15, -0.1) is 0 Å². The molecule has 0 aromatic heterocycles. The van der Waals surface area contributed by atoms with Crippen LogP contribution in [0.1, 0.15) is 36.8 Å². The second-order valence-corrected chi connectivity index (χ2v) is 6.84. The van der Waals surface area contributed by atoms with Crippen molar-refractivity contribution in [1.29, 1.82) is 0 Å². The summed E-state index contributed by atoms with van der Waals surface area (Å²) in [6.07, 6.45) is 6.61. The van der Waals surface area contributed by atoms with Crippen molar-refractivity contribution in [2.24, 2.45) is 11.7 Å². The molecule has 0 amide bonds. The molecule has 3 rings (SSSR count). The third-order valence-electron chi connectivity index (χ3n) is 5.19. The van der Waals surface area contributed by atoms with Gasteiger partial charge in [-0.25, -0.2) is 0 Å². The van der Waals surface area contributed by atoms with E-state index in [2.05, 4.69) is 37.1 Å². The zero-order valence-corrected chi connectivity index (χ0v) is 13.3. The number of benzene rings is 1. The molecule has 21 heavy (non-hydrogen) atoms. The molecule has 0 saturated heterocycles. The highest BCUT2D eigenvalue weighted by molar-refractivity contribution is 5.40. The normalized spacial score (nSPS) is 28.5. The molecule has 0 spiro atoms. The summed E-state index contributed by atoms with van der Waals surface area (Å²) in [5, 5.41) is 0. The molecule has 1 aliphatic heterocycles. The minimum atomic E-state index is 0.298. The molecule has 3 heteroatoms. The first kappa shape index (κ1) is 14.9. The molecule has 1 saturated carbocycles. The number of nitrogens with zero attached hydrogens (tertiary/aromatic N) is 1. The molecular formula is C18H28N2O. The predicted octanol–water partition coefficient (Wildman–Crippen LogP) is 2.75. The maximum absolute atomic E-state index is 6.12. The average Bonchev–Trinajstić information content (AvgIpc) is 2.88. The second-order valence-electron chi connectivity index (χ2n) is 6.84. The van der Waals surface area contributed by atoms with Crippen LogP contribution in [0.4, 0.5) is 0 Å². The predicted molar refractivity (Wildman–Crippen MR) is 86.7 cm³/mol. The van der Waals surface area contributed by atoms with Crippen LogP contribution in [0.5, 0.6) is 5.75 Å². The van der Waals surface area contributed by atoms with Crippen molar-refractivity contribution < 1.29 is 4.74 Å². The van der Waals surface area contributed by atoms with E-state index in [1.807, 2.05) is 0 Å². The minimum absolute atomic E-state index is 0.298. The number of hydrogen-bond donors (Lipinski definition) is 1. The number of nitrogens with two attached hydrogens (primary N) is 1. The zero-order chi connectivity index (χ0) is 14.8. The Bertz CT molecular complexity index is 488. The topological polar surface area (TPSA) is 38.5 Å². The summed E-state index contributed by atoms with van der Waals surface area (Å²) in [7, 11) is 2.25. The Kier molecular flexibility index (Phi) is 4.51.